The van der Waals surface area contributed by atoms with Crippen LogP contribution >= 0.6 is 0 Å². The Labute approximate surface area is 149 Å². The monoisotopic (exact) mass is 359 g/mol. The Balaban J connectivity index is 1.88. The molecule has 2 aromatic carbocycles. The highest BCUT2D eigenvalue weighted by Gasteiger charge is 2.03. The molecule has 134 valence electrons. The third-order valence-corrected chi connectivity index (χ3v) is 5.40. The first kappa shape index (κ1) is 19.2. The average molecular weight is 359 g/mol. The van der Waals surface area contributed by atoms with E-state index in [0.717, 1.165) is 41.7 Å². The summed E-state index contributed by atoms with van der Waals surface area (Å²) in [5, 5.41) is 8.43. The van der Waals surface area contributed by atoms with E-state index in [1.807, 2.05) is 24.3 Å². The lowest BCUT2D eigenvalue weighted by Gasteiger charge is -2.07. The van der Waals surface area contributed by atoms with Gasteiger partial charge in [-0.1, -0.05) is 42.8 Å². The van der Waals surface area contributed by atoms with Gasteiger partial charge in [-0.3, -0.25) is 14.2 Å². The number of rotatable bonds is 8. The second-order valence-electron chi connectivity index (χ2n) is 6.32. The number of aryl methyl sites for hydroxylation is 1. The van der Waals surface area contributed by atoms with Gasteiger partial charge in [0.25, 0.3) is 0 Å². The maximum atomic E-state index is 11.9. The van der Waals surface area contributed by atoms with E-state index in [-0.39, 0.29) is 5.91 Å². The molecular formula is C20H25NO3S. The van der Waals surface area contributed by atoms with Crippen molar-refractivity contribution in [3.8, 4) is 11.1 Å². The van der Waals surface area contributed by atoms with Crippen LogP contribution in [0.1, 0.15) is 31.2 Å². The standard InChI is InChI=1S/C20H25NO3S/c1-25(2,24)19-14-12-18(13-15-19)17-10-8-16(9-11-17)6-4-3-5-7-20(22)21-23/h8-15,23H,1,3-7H2,2H3,(H,21,22). The first-order chi connectivity index (χ1) is 11.9. The summed E-state index contributed by atoms with van der Waals surface area (Å²) >= 11 is 0. The van der Waals surface area contributed by atoms with E-state index in [2.05, 4.69) is 30.1 Å². The second kappa shape index (κ2) is 8.83. The maximum absolute atomic E-state index is 11.9. The van der Waals surface area contributed by atoms with Crippen molar-refractivity contribution in [2.45, 2.75) is 37.0 Å². The van der Waals surface area contributed by atoms with Gasteiger partial charge in [0.1, 0.15) is 0 Å². The van der Waals surface area contributed by atoms with Crippen molar-refractivity contribution < 1.29 is 14.2 Å². The summed E-state index contributed by atoms with van der Waals surface area (Å²) in [7, 11) is -2.17. The number of hydroxylamine groups is 1. The van der Waals surface area contributed by atoms with Crippen molar-refractivity contribution in [1.82, 2.24) is 5.48 Å². The van der Waals surface area contributed by atoms with Crippen molar-refractivity contribution in [3.63, 3.8) is 0 Å². The van der Waals surface area contributed by atoms with Gasteiger partial charge in [-0.25, -0.2) is 5.48 Å². The lowest BCUT2D eigenvalue weighted by Crippen LogP contribution is -2.17. The lowest BCUT2D eigenvalue weighted by atomic mass is 10.0. The molecule has 0 bridgehead atoms. The van der Waals surface area contributed by atoms with Gasteiger partial charge in [0.15, 0.2) is 0 Å². The molecule has 0 saturated heterocycles. The van der Waals surface area contributed by atoms with E-state index in [0.29, 0.717) is 6.42 Å². The first-order valence-corrected chi connectivity index (χ1v) is 10.5. The van der Waals surface area contributed by atoms with Crippen LogP contribution in [0.15, 0.2) is 53.4 Å². The number of benzene rings is 2. The molecule has 1 unspecified atom stereocenters. The molecule has 0 fully saturated rings. The predicted octanol–water partition coefficient (Wildman–Crippen LogP) is 3.67. The van der Waals surface area contributed by atoms with Gasteiger partial charge in [-0.05, 0) is 63.5 Å². The van der Waals surface area contributed by atoms with E-state index < -0.39 is 9.52 Å². The third-order valence-electron chi connectivity index (χ3n) is 4.13. The van der Waals surface area contributed by atoms with Crippen LogP contribution in [-0.2, 0) is 20.7 Å². The SMILES string of the molecule is C=S(C)(=O)c1ccc(-c2ccc(CCCCCC(=O)NO)cc2)cc1. The van der Waals surface area contributed by atoms with Crippen molar-refractivity contribution in [2.75, 3.05) is 6.26 Å². The molecule has 1 atom stereocenters. The highest BCUT2D eigenvalue weighted by molar-refractivity contribution is 7.99. The van der Waals surface area contributed by atoms with Gasteiger partial charge < -0.3 is 0 Å². The average Bonchev–Trinajstić information content (AvgIpc) is 2.61. The smallest absolute Gasteiger partial charge is 0.243 e. The van der Waals surface area contributed by atoms with Gasteiger partial charge in [-0.2, -0.15) is 0 Å². The summed E-state index contributed by atoms with van der Waals surface area (Å²) in [6, 6.07) is 16.1. The van der Waals surface area contributed by atoms with Crippen LogP contribution in [0.25, 0.3) is 11.1 Å². The number of hydrogen-bond donors (Lipinski definition) is 2. The second-order valence-corrected chi connectivity index (χ2v) is 8.80. The molecule has 2 aromatic rings. The zero-order valence-electron chi connectivity index (χ0n) is 14.5. The molecule has 0 aliphatic rings. The van der Waals surface area contributed by atoms with Crippen LogP contribution in [0.4, 0.5) is 0 Å². The van der Waals surface area contributed by atoms with Crippen molar-refractivity contribution in [2.24, 2.45) is 0 Å². The number of nitrogens with one attached hydrogen (secondary N) is 1. The lowest BCUT2D eigenvalue weighted by molar-refractivity contribution is -0.129. The molecule has 0 aromatic heterocycles. The van der Waals surface area contributed by atoms with Crippen LogP contribution in [0.2, 0.25) is 0 Å². The van der Waals surface area contributed by atoms with Crippen LogP contribution in [0, 0.1) is 0 Å². The highest BCUT2D eigenvalue weighted by atomic mass is 32.2. The van der Waals surface area contributed by atoms with Gasteiger partial charge in [0.05, 0.1) is 0 Å². The molecule has 0 aliphatic carbocycles. The molecule has 5 heteroatoms. The molecule has 2 N–H and O–H groups in total. The zero-order valence-corrected chi connectivity index (χ0v) is 15.3. The minimum absolute atomic E-state index is 0.326. The number of carbonyl (C=O) groups excluding carboxylic acids is 1. The maximum Gasteiger partial charge on any atom is 0.243 e. The molecule has 0 radical (unpaired) electrons. The predicted molar refractivity (Wildman–Crippen MR) is 103 cm³/mol. The van der Waals surface area contributed by atoms with Crippen LogP contribution in [0.5, 0.6) is 0 Å². The van der Waals surface area contributed by atoms with Crippen molar-refractivity contribution in [1.29, 1.82) is 0 Å². The Hall–Kier alpha value is -2.11. The largest absolute Gasteiger partial charge is 0.289 e. The van der Waals surface area contributed by atoms with Crippen LogP contribution in [-0.4, -0.2) is 27.4 Å². The Kier molecular flexibility index (Phi) is 6.79. The first-order valence-electron chi connectivity index (χ1n) is 8.35. The molecule has 0 aliphatic heterocycles. The summed E-state index contributed by atoms with van der Waals surface area (Å²) in [4.78, 5) is 11.7. The molecular weight excluding hydrogens is 334 g/mol. The number of unbranched alkanes of at least 4 members (excludes halogenated alkanes) is 2. The molecule has 0 spiro atoms. The molecule has 0 saturated carbocycles. The topological polar surface area (TPSA) is 66.4 Å². The van der Waals surface area contributed by atoms with Crippen molar-refractivity contribution in [3.05, 3.63) is 54.1 Å². The Morgan fingerprint density at radius 1 is 1.00 bits per heavy atom. The third kappa shape index (κ3) is 6.03. The van der Waals surface area contributed by atoms with E-state index in [4.69, 9.17) is 5.21 Å². The van der Waals surface area contributed by atoms with E-state index >= 15 is 0 Å². The van der Waals surface area contributed by atoms with Gasteiger partial charge >= 0.3 is 0 Å². The van der Waals surface area contributed by atoms with E-state index in [9.17, 15) is 9.00 Å². The number of carbonyl (C=O) groups is 1. The summed E-state index contributed by atoms with van der Waals surface area (Å²) in [6.07, 6.45) is 5.73. The zero-order chi connectivity index (χ0) is 18.3. The van der Waals surface area contributed by atoms with Crippen LogP contribution in [0.3, 0.4) is 0 Å². The van der Waals surface area contributed by atoms with Gasteiger partial charge in [0.2, 0.25) is 5.91 Å². The summed E-state index contributed by atoms with van der Waals surface area (Å²) in [5.41, 5.74) is 5.13. The fourth-order valence-corrected chi connectivity index (χ4v) is 3.36. The summed E-state index contributed by atoms with van der Waals surface area (Å²) in [5.74, 6) is 3.38. The highest BCUT2D eigenvalue weighted by Crippen LogP contribution is 2.22. The number of amides is 1. The molecule has 2 rings (SSSR count). The summed E-state index contributed by atoms with van der Waals surface area (Å²) in [6.45, 7) is 0. The number of hydrogen-bond acceptors (Lipinski definition) is 3. The Bertz CT molecular complexity index is 794. The molecule has 1 amide bonds. The Morgan fingerprint density at radius 3 is 2.08 bits per heavy atom. The van der Waals surface area contributed by atoms with Crippen LogP contribution < -0.4 is 5.48 Å². The quantitative estimate of drug-likeness (QED) is 0.327. The molecule has 4 nitrogen and oxygen atoms in total. The fourth-order valence-electron chi connectivity index (χ4n) is 2.65. The minimum Gasteiger partial charge on any atom is -0.289 e. The normalized spacial score (nSPS) is 13.2. The van der Waals surface area contributed by atoms with E-state index in [1.54, 1.807) is 11.7 Å². The van der Waals surface area contributed by atoms with E-state index in [1.165, 1.54) is 5.56 Å². The van der Waals surface area contributed by atoms with Gasteiger partial charge in [0, 0.05) is 17.6 Å². The van der Waals surface area contributed by atoms with Crippen molar-refractivity contribution >= 4 is 21.3 Å². The molecule has 25 heavy (non-hydrogen) atoms. The fraction of sp³-hybridized carbons (Fsp3) is 0.300. The van der Waals surface area contributed by atoms with Gasteiger partial charge in [-0.15, -0.1) is 0 Å². The summed E-state index contributed by atoms with van der Waals surface area (Å²) < 4.78 is 11.9. The Morgan fingerprint density at radius 2 is 1.56 bits per heavy atom. The molecule has 0 heterocycles. The minimum atomic E-state index is -2.17.